The van der Waals surface area contributed by atoms with Gasteiger partial charge in [-0.3, -0.25) is 9.59 Å². The molecule has 1 heterocycles. The highest BCUT2D eigenvalue weighted by Crippen LogP contribution is 2.44. The Labute approximate surface area is 199 Å². The average molecular weight is 448 g/mol. The molecule has 1 aliphatic rings. The summed E-state index contributed by atoms with van der Waals surface area (Å²) in [5, 5.41) is 0. The van der Waals surface area contributed by atoms with Gasteiger partial charge in [0.25, 0.3) is 11.8 Å². The number of hydrogen-bond acceptors (Lipinski definition) is 3. The Morgan fingerprint density at radius 2 is 1.06 bits per heavy atom. The van der Waals surface area contributed by atoms with Gasteiger partial charge >= 0.3 is 0 Å². The van der Waals surface area contributed by atoms with E-state index in [9.17, 15) is 9.59 Å². The van der Waals surface area contributed by atoms with Gasteiger partial charge in [0.05, 0.1) is 23.4 Å². The van der Waals surface area contributed by atoms with Crippen LogP contribution >= 0.6 is 0 Å². The van der Waals surface area contributed by atoms with Gasteiger partial charge in [-0.25, -0.2) is 4.90 Å². The van der Waals surface area contributed by atoms with E-state index < -0.39 is 0 Å². The molecule has 4 nitrogen and oxygen atoms in total. The summed E-state index contributed by atoms with van der Waals surface area (Å²) < 4.78 is 5.52. The topological polar surface area (TPSA) is 46.6 Å². The van der Waals surface area contributed by atoms with Crippen LogP contribution in [-0.4, -0.2) is 18.4 Å². The van der Waals surface area contributed by atoms with Crippen molar-refractivity contribution in [3.8, 4) is 28.0 Å². The van der Waals surface area contributed by atoms with E-state index in [4.69, 9.17) is 4.74 Å². The molecule has 2 amide bonds. The molecule has 0 N–H and O–H groups in total. The molecule has 0 atom stereocenters. The van der Waals surface area contributed by atoms with Gasteiger partial charge in [0, 0.05) is 0 Å². The molecular weight excluding hydrogens is 422 g/mol. The van der Waals surface area contributed by atoms with Crippen LogP contribution in [0.4, 0.5) is 5.69 Å². The molecule has 4 aromatic carbocycles. The van der Waals surface area contributed by atoms with Gasteiger partial charge in [0.2, 0.25) is 0 Å². The SMILES string of the molecule is CCOc1ccc(N2C(=O)c3c(C)c(-c4ccccc4)c(-c4ccccc4)c(C)c3C2=O)cc1. The van der Waals surface area contributed by atoms with Gasteiger partial charge < -0.3 is 4.74 Å². The number of imide groups is 1. The lowest BCUT2D eigenvalue weighted by molar-refractivity contribution is 0.0926. The Morgan fingerprint density at radius 3 is 1.47 bits per heavy atom. The Kier molecular flexibility index (Phi) is 5.50. The van der Waals surface area contributed by atoms with Crippen molar-refractivity contribution in [1.82, 2.24) is 0 Å². The number of hydrogen-bond donors (Lipinski definition) is 0. The second-order valence-electron chi connectivity index (χ2n) is 8.35. The highest BCUT2D eigenvalue weighted by molar-refractivity contribution is 6.36. The Bertz CT molecular complexity index is 1310. The minimum Gasteiger partial charge on any atom is -0.494 e. The van der Waals surface area contributed by atoms with Gasteiger partial charge in [-0.2, -0.15) is 0 Å². The lowest BCUT2D eigenvalue weighted by Gasteiger charge is -2.19. The minimum absolute atomic E-state index is 0.290. The summed E-state index contributed by atoms with van der Waals surface area (Å²) in [7, 11) is 0. The Hall–Kier alpha value is -4.18. The van der Waals surface area contributed by atoms with E-state index in [0.29, 0.717) is 29.2 Å². The number of anilines is 1. The van der Waals surface area contributed by atoms with Crippen LogP contribution in [0.1, 0.15) is 38.8 Å². The Balaban J connectivity index is 1.74. The summed E-state index contributed by atoms with van der Waals surface area (Å²) in [5.74, 6) is 0.121. The maximum absolute atomic E-state index is 13.7. The lowest BCUT2D eigenvalue weighted by atomic mass is 9.82. The van der Waals surface area contributed by atoms with Crippen molar-refractivity contribution >= 4 is 17.5 Å². The van der Waals surface area contributed by atoms with E-state index in [-0.39, 0.29) is 11.8 Å². The molecule has 0 fully saturated rings. The van der Waals surface area contributed by atoms with E-state index in [2.05, 4.69) is 0 Å². The number of carbonyl (C=O) groups is 2. The predicted molar refractivity (Wildman–Crippen MR) is 136 cm³/mol. The first-order valence-electron chi connectivity index (χ1n) is 11.4. The molecule has 0 saturated carbocycles. The fraction of sp³-hybridized carbons (Fsp3) is 0.133. The number of carbonyl (C=O) groups excluding carboxylic acids is 2. The second kappa shape index (κ2) is 8.64. The van der Waals surface area contributed by atoms with Crippen molar-refractivity contribution < 1.29 is 14.3 Å². The number of amides is 2. The third kappa shape index (κ3) is 3.39. The van der Waals surface area contributed by atoms with Crippen LogP contribution in [0.3, 0.4) is 0 Å². The molecule has 0 aliphatic carbocycles. The summed E-state index contributed by atoms with van der Waals surface area (Å²) in [6.07, 6.45) is 0. The molecule has 4 heteroatoms. The van der Waals surface area contributed by atoms with E-state index >= 15 is 0 Å². The molecule has 4 aromatic rings. The normalized spacial score (nSPS) is 12.7. The monoisotopic (exact) mass is 447 g/mol. The maximum atomic E-state index is 13.7. The molecule has 1 aliphatic heterocycles. The van der Waals surface area contributed by atoms with Gasteiger partial charge in [-0.05, 0) is 78.4 Å². The quantitative estimate of drug-likeness (QED) is 0.315. The van der Waals surface area contributed by atoms with Crippen LogP contribution in [0.25, 0.3) is 22.3 Å². The summed E-state index contributed by atoms with van der Waals surface area (Å²) in [6.45, 7) is 6.35. The molecule has 0 unspecified atom stereocenters. The molecule has 34 heavy (non-hydrogen) atoms. The molecule has 0 radical (unpaired) electrons. The van der Waals surface area contributed by atoms with Crippen LogP contribution in [-0.2, 0) is 0 Å². The largest absolute Gasteiger partial charge is 0.494 e. The number of nitrogens with zero attached hydrogens (tertiary/aromatic N) is 1. The molecule has 168 valence electrons. The van der Waals surface area contributed by atoms with Crippen molar-refractivity contribution in [3.63, 3.8) is 0 Å². The highest BCUT2D eigenvalue weighted by atomic mass is 16.5. The maximum Gasteiger partial charge on any atom is 0.266 e. The van der Waals surface area contributed by atoms with Crippen molar-refractivity contribution in [2.45, 2.75) is 20.8 Å². The van der Waals surface area contributed by atoms with Crippen LogP contribution < -0.4 is 9.64 Å². The van der Waals surface area contributed by atoms with Gasteiger partial charge in [0.1, 0.15) is 5.75 Å². The van der Waals surface area contributed by atoms with Crippen LogP contribution in [0, 0.1) is 13.8 Å². The second-order valence-corrected chi connectivity index (χ2v) is 8.35. The average Bonchev–Trinajstić information content (AvgIpc) is 3.13. The van der Waals surface area contributed by atoms with Crippen molar-refractivity contribution in [2.75, 3.05) is 11.5 Å². The number of ether oxygens (including phenoxy) is 1. The fourth-order valence-electron chi connectivity index (χ4n) is 4.87. The van der Waals surface area contributed by atoms with Crippen molar-refractivity contribution in [2.24, 2.45) is 0 Å². The molecule has 0 spiro atoms. The molecule has 0 aromatic heterocycles. The summed E-state index contributed by atoms with van der Waals surface area (Å²) in [5.41, 5.74) is 7.14. The smallest absolute Gasteiger partial charge is 0.266 e. The first-order valence-corrected chi connectivity index (χ1v) is 11.4. The van der Waals surface area contributed by atoms with Crippen LogP contribution in [0.5, 0.6) is 5.75 Å². The predicted octanol–water partition coefficient (Wildman–Crippen LogP) is 6.84. The van der Waals surface area contributed by atoms with Gasteiger partial charge in [0.15, 0.2) is 0 Å². The van der Waals surface area contributed by atoms with Crippen molar-refractivity contribution in [3.05, 3.63) is 107 Å². The molecule has 0 bridgehead atoms. The third-order valence-corrected chi connectivity index (χ3v) is 6.36. The van der Waals surface area contributed by atoms with E-state index in [1.54, 1.807) is 24.3 Å². The zero-order valence-corrected chi connectivity index (χ0v) is 19.5. The van der Waals surface area contributed by atoms with E-state index in [0.717, 1.165) is 33.4 Å². The minimum atomic E-state index is -0.290. The zero-order valence-electron chi connectivity index (χ0n) is 19.5. The molecule has 5 rings (SSSR count). The summed E-state index contributed by atoms with van der Waals surface area (Å²) in [6, 6.07) is 27.2. The zero-order chi connectivity index (χ0) is 23.8. The first kappa shape index (κ1) is 21.7. The van der Waals surface area contributed by atoms with Crippen LogP contribution in [0.15, 0.2) is 84.9 Å². The lowest BCUT2D eigenvalue weighted by Crippen LogP contribution is -2.29. The summed E-state index contributed by atoms with van der Waals surface area (Å²) >= 11 is 0. The number of rotatable bonds is 5. The first-order chi connectivity index (χ1) is 16.5. The molecular formula is C30H25NO3. The van der Waals surface area contributed by atoms with Gasteiger partial charge in [-0.15, -0.1) is 0 Å². The third-order valence-electron chi connectivity index (χ3n) is 6.36. The number of benzene rings is 4. The van der Waals surface area contributed by atoms with E-state index in [1.165, 1.54) is 4.90 Å². The summed E-state index contributed by atoms with van der Waals surface area (Å²) in [4.78, 5) is 28.7. The molecule has 0 saturated heterocycles. The fourth-order valence-corrected chi connectivity index (χ4v) is 4.87. The Morgan fingerprint density at radius 1 is 0.618 bits per heavy atom. The van der Waals surface area contributed by atoms with Crippen LogP contribution in [0.2, 0.25) is 0 Å². The highest BCUT2D eigenvalue weighted by Gasteiger charge is 2.41. The number of fused-ring (bicyclic) bond motifs is 1. The standard InChI is InChI=1S/C30H25NO3/c1-4-34-24-17-15-23(16-18-24)31-29(32)27-19(2)25(21-11-7-5-8-12-21)26(20(3)28(27)30(31)33)22-13-9-6-10-14-22/h5-18H,4H2,1-3H3. The van der Waals surface area contributed by atoms with E-state index in [1.807, 2.05) is 81.4 Å². The van der Waals surface area contributed by atoms with Crippen molar-refractivity contribution in [1.29, 1.82) is 0 Å². The van der Waals surface area contributed by atoms with Gasteiger partial charge in [-0.1, -0.05) is 60.7 Å².